The summed E-state index contributed by atoms with van der Waals surface area (Å²) < 4.78 is 12.1. The highest BCUT2D eigenvalue weighted by Crippen LogP contribution is 2.33. The molecule has 32 heavy (non-hydrogen) atoms. The second kappa shape index (κ2) is 8.46. The molecule has 3 aromatic rings. The van der Waals surface area contributed by atoms with Gasteiger partial charge in [-0.15, -0.1) is 0 Å². The smallest absolute Gasteiger partial charge is 0.352 e. The number of aryl methyl sites for hydroxylation is 1. The molecule has 0 spiro atoms. The van der Waals surface area contributed by atoms with Crippen LogP contribution in [0, 0.1) is 6.92 Å². The van der Waals surface area contributed by atoms with Crippen molar-refractivity contribution < 1.29 is 24.2 Å². The Balaban J connectivity index is 1.68. The molecule has 0 saturated heterocycles. The lowest BCUT2D eigenvalue weighted by Gasteiger charge is -2.24. The monoisotopic (exact) mass is 434 g/mol. The van der Waals surface area contributed by atoms with Gasteiger partial charge in [-0.3, -0.25) is 4.79 Å². The number of nitrogens with zero attached hydrogens (tertiary/aromatic N) is 2. The zero-order chi connectivity index (χ0) is 22.8. The Kier molecular flexibility index (Phi) is 5.55. The number of allylic oxidation sites excluding steroid dienone is 1. The minimum atomic E-state index is -1.12. The Hall–Kier alpha value is -4.27. The molecule has 2 aromatic carbocycles. The van der Waals surface area contributed by atoms with E-state index in [1.807, 2.05) is 31.2 Å². The van der Waals surface area contributed by atoms with E-state index < -0.39 is 17.9 Å². The Bertz CT molecular complexity index is 1210. The first-order chi connectivity index (χ1) is 15.4. The van der Waals surface area contributed by atoms with E-state index in [1.54, 1.807) is 29.0 Å². The lowest BCUT2D eigenvalue weighted by molar-refractivity contribution is -0.132. The van der Waals surface area contributed by atoms with E-state index in [-0.39, 0.29) is 11.3 Å². The Morgan fingerprint density at radius 2 is 1.81 bits per heavy atom. The number of nitrogens with one attached hydrogen (secondary N) is 2. The largest absolute Gasteiger partial charge is 0.493 e. The van der Waals surface area contributed by atoms with E-state index in [0.717, 1.165) is 11.1 Å². The van der Waals surface area contributed by atoms with Crippen LogP contribution in [0.25, 0.3) is 0 Å². The fourth-order valence-electron chi connectivity index (χ4n) is 3.50. The van der Waals surface area contributed by atoms with E-state index >= 15 is 0 Å². The second-order valence-corrected chi connectivity index (χ2v) is 7.24. The van der Waals surface area contributed by atoms with Gasteiger partial charge >= 0.3 is 5.97 Å². The maximum atomic E-state index is 13.0. The number of anilines is 2. The van der Waals surface area contributed by atoms with Gasteiger partial charge in [0.1, 0.15) is 17.1 Å². The van der Waals surface area contributed by atoms with Crippen LogP contribution in [-0.4, -0.2) is 41.0 Å². The van der Waals surface area contributed by atoms with Gasteiger partial charge in [-0.25, -0.2) is 9.48 Å². The molecule has 164 valence electrons. The third-order valence-electron chi connectivity index (χ3n) is 5.17. The number of ether oxygens (including phenoxy) is 2. The summed E-state index contributed by atoms with van der Waals surface area (Å²) in [6.45, 7) is 1.97. The standard InChI is InChI=1S/C23H22N4O5/c1-13-4-6-14(7-5-13)18-11-17(23(29)30)26-21-16(12-24-27(18)21)22(28)25-15-8-9-19(31-2)20(10-15)32-3/h4-12,18,26H,1-3H3,(H,25,28)(H,29,30)/t18-/m0/s1. The Labute approximate surface area is 184 Å². The number of methoxy groups -OCH3 is 2. The molecule has 1 amide bonds. The number of aromatic nitrogens is 2. The summed E-state index contributed by atoms with van der Waals surface area (Å²) in [4.78, 5) is 24.8. The van der Waals surface area contributed by atoms with Crippen LogP contribution in [0.15, 0.2) is 60.4 Å². The lowest BCUT2D eigenvalue weighted by atomic mass is 10.0. The predicted molar refractivity (Wildman–Crippen MR) is 118 cm³/mol. The number of carboxylic acids is 1. The van der Waals surface area contributed by atoms with Crippen molar-refractivity contribution in [2.24, 2.45) is 0 Å². The maximum absolute atomic E-state index is 13.0. The summed E-state index contributed by atoms with van der Waals surface area (Å²) in [6, 6.07) is 12.2. The van der Waals surface area contributed by atoms with Crippen molar-refractivity contribution >= 4 is 23.4 Å². The minimum Gasteiger partial charge on any atom is -0.493 e. The van der Waals surface area contributed by atoms with Crippen LogP contribution in [-0.2, 0) is 4.79 Å². The van der Waals surface area contributed by atoms with E-state index in [0.29, 0.717) is 23.0 Å². The third kappa shape index (κ3) is 3.87. The van der Waals surface area contributed by atoms with Gasteiger partial charge in [0, 0.05) is 11.8 Å². The minimum absolute atomic E-state index is 0.0243. The van der Waals surface area contributed by atoms with Gasteiger partial charge in [0.05, 0.1) is 26.5 Å². The average molecular weight is 434 g/mol. The van der Waals surface area contributed by atoms with Gasteiger partial charge in [-0.2, -0.15) is 5.10 Å². The molecule has 1 aliphatic heterocycles. The predicted octanol–water partition coefficient (Wildman–Crippen LogP) is 3.44. The summed E-state index contributed by atoms with van der Waals surface area (Å²) in [5.74, 6) is -0.266. The summed E-state index contributed by atoms with van der Waals surface area (Å²) >= 11 is 0. The highest BCUT2D eigenvalue weighted by Gasteiger charge is 2.29. The molecule has 0 unspecified atom stereocenters. The van der Waals surface area contributed by atoms with Gasteiger partial charge in [-0.1, -0.05) is 29.8 Å². The molecule has 0 saturated carbocycles. The second-order valence-electron chi connectivity index (χ2n) is 7.24. The molecule has 9 heteroatoms. The van der Waals surface area contributed by atoms with Crippen LogP contribution in [0.4, 0.5) is 11.5 Å². The van der Waals surface area contributed by atoms with Crippen LogP contribution in [0.1, 0.15) is 27.5 Å². The van der Waals surface area contributed by atoms with Gasteiger partial charge in [0.2, 0.25) is 0 Å². The van der Waals surface area contributed by atoms with Crippen molar-refractivity contribution in [2.75, 3.05) is 24.9 Å². The number of hydrogen-bond donors (Lipinski definition) is 3. The fourth-order valence-corrected chi connectivity index (χ4v) is 3.50. The van der Waals surface area contributed by atoms with Crippen LogP contribution in [0.3, 0.4) is 0 Å². The number of rotatable bonds is 6. The van der Waals surface area contributed by atoms with Gasteiger partial charge < -0.3 is 25.2 Å². The van der Waals surface area contributed by atoms with Crippen LogP contribution in [0.5, 0.6) is 11.5 Å². The molecule has 2 heterocycles. The molecule has 1 atom stereocenters. The van der Waals surface area contributed by atoms with E-state index in [2.05, 4.69) is 15.7 Å². The average Bonchev–Trinajstić information content (AvgIpc) is 3.23. The number of amides is 1. The zero-order valence-corrected chi connectivity index (χ0v) is 17.7. The number of benzene rings is 2. The van der Waals surface area contributed by atoms with E-state index in [9.17, 15) is 14.7 Å². The summed E-state index contributed by atoms with van der Waals surface area (Å²) in [6.07, 6.45) is 2.99. The number of hydrogen-bond acceptors (Lipinski definition) is 6. The van der Waals surface area contributed by atoms with Gasteiger partial charge in [0.15, 0.2) is 11.5 Å². The Morgan fingerprint density at radius 1 is 1.09 bits per heavy atom. The van der Waals surface area contributed by atoms with Crippen molar-refractivity contribution in [3.8, 4) is 11.5 Å². The number of fused-ring (bicyclic) bond motifs is 1. The van der Waals surface area contributed by atoms with E-state index in [4.69, 9.17) is 9.47 Å². The molecule has 0 bridgehead atoms. The summed E-state index contributed by atoms with van der Waals surface area (Å²) in [5.41, 5.74) is 2.62. The molecular formula is C23H22N4O5. The number of carbonyl (C=O) groups excluding carboxylic acids is 1. The van der Waals surface area contributed by atoms with Crippen molar-refractivity contribution in [1.29, 1.82) is 0 Å². The topological polar surface area (TPSA) is 115 Å². The quantitative estimate of drug-likeness (QED) is 0.544. The normalized spacial score (nSPS) is 14.6. The molecule has 0 radical (unpaired) electrons. The summed E-state index contributed by atoms with van der Waals surface area (Å²) in [7, 11) is 3.03. The van der Waals surface area contributed by atoms with Crippen molar-refractivity contribution in [3.63, 3.8) is 0 Å². The van der Waals surface area contributed by atoms with Gasteiger partial charge in [-0.05, 0) is 30.7 Å². The lowest BCUT2D eigenvalue weighted by Crippen LogP contribution is -2.25. The highest BCUT2D eigenvalue weighted by atomic mass is 16.5. The fraction of sp³-hybridized carbons (Fsp3) is 0.174. The SMILES string of the molecule is COc1ccc(NC(=O)c2cnn3c2NC(C(=O)O)=C[C@H]3c2ccc(C)cc2)cc1OC. The van der Waals surface area contributed by atoms with Crippen molar-refractivity contribution in [3.05, 3.63) is 77.1 Å². The first-order valence-electron chi connectivity index (χ1n) is 9.81. The first-order valence-corrected chi connectivity index (χ1v) is 9.81. The molecule has 3 N–H and O–H groups in total. The van der Waals surface area contributed by atoms with Crippen LogP contribution in [0.2, 0.25) is 0 Å². The molecule has 0 aliphatic carbocycles. The molecule has 1 aliphatic rings. The van der Waals surface area contributed by atoms with Crippen molar-refractivity contribution in [1.82, 2.24) is 9.78 Å². The van der Waals surface area contributed by atoms with Crippen LogP contribution >= 0.6 is 0 Å². The third-order valence-corrected chi connectivity index (χ3v) is 5.17. The molecule has 0 fully saturated rings. The molecule has 4 rings (SSSR count). The molecule has 9 nitrogen and oxygen atoms in total. The highest BCUT2D eigenvalue weighted by molar-refractivity contribution is 6.08. The first kappa shape index (κ1) is 21.0. The zero-order valence-electron chi connectivity index (χ0n) is 17.7. The van der Waals surface area contributed by atoms with Gasteiger partial charge in [0.25, 0.3) is 5.91 Å². The Morgan fingerprint density at radius 3 is 2.47 bits per heavy atom. The number of carboxylic acid groups (broad SMARTS) is 1. The number of carbonyl (C=O) groups is 2. The molecular weight excluding hydrogens is 412 g/mol. The van der Waals surface area contributed by atoms with Crippen molar-refractivity contribution in [2.45, 2.75) is 13.0 Å². The number of aliphatic carboxylic acids is 1. The van der Waals surface area contributed by atoms with E-state index in [1.165, 1.54) is 20.4 Å². The molecule has 1 aromatic heterocycles. The maximum Gasteiger partial charge on any atom is 0.352 e. The summed E-state index contributed by atoms with van der Waals surface area (Å²) in [5, 5.41) is 19.6. The van der Waals surface area contributed by atoms with Crippen LogP contribution < -0.4 is 20.1 Å².